The number of rotatable bonds is 8. The summed E-state index contributed by atoms with van der Waals surface area (Å²) in [4.78, 5) is 27.8. The van der Waals surface area contributed by atoms with Crippen molar-refractivity contribution in [2.24, 2.45) is 5.92 Å². The maximum atomic E-state index is 12.1. The molecule has 2 rings (SSSR count). The van der Waals surface area contributed by atoms with Crippen LogP contribution in [0.2, 0.25) is 0 Å². The summed E-state index contributed by atoms with van der Waals surface area (Å²) in [6, 6.07) is 6.67. The van der Waals surface area contributed by atoms with E-state index in [1.807, 2.05) is 43.5 Å². The zero-order valence-electron chi connectivity index (χ0n) is 14.5. The number of carboxylic acid groups (broad SMARTS) is 1. The third-order valence-corrected chi connectivity index (χ3v) is 4.49. The third-order valence-electron chi connectivity index (χ3n) is 3.55. The molecular formula is C18H22N2O4S. The molecule has 0 fully saturated rings. The lowest BCUT2D eigenvalue weighted by molar-refractivity contribution is -0.142. The number of aliphatic carboxylic acids is 1. The Hall–Kier alpha value is -2.41. The molecule has 6 nitrogen and oxygen atoms in total. The molecule has 0 saturated heterocycles. The molecule has 7 heteroatoms. The number of carboxylic acids is 1. The van der Waals surface area contributed by atoms with E-state index >= 15 is 0 Å². The van der Waals surface area contributed by atoms with Gasteiger partial charge < -0.3 is 15.2 Å². The number of amides is 1. The van der Waals surface area contributed by atoms with Crippen molar-refractivity contribution in [2.75, 3.05) is 7.11 Å². The summed E-state index contributed by atoms with van der Waals surface area (Å²) in [7, 11) is 1.60. The maximum absolute atomic E-state index is 12.1. The molecule has 0 aliphatic rings. The van der Waals surface area contributed by atoms with Crippen LogP contribution < -0.4 is 10.1 Å². The average Bonchev–Trinajstić information content (AvgIpc) is 3.02. The summed E-state index contributed by atoms with van der Waals surface area (Å²) < 4.78 is 5.20. The Balaban J connectivity index is 2.02. The SMILES string of the molecule is COc1cccc(-c2nc(CC(=O)NC(CC(C)C)C(=O)O)cs2)c1. The summed E-state index contributed by atoms with van der Waals surface area (Å²) in [6.45, 7) is 3.84. The predicted molar refractivity (Wildman–Crippen MR) is 96.8 cm³/mol. The molecule has 2 N–H and O–H groups in total. The van der Waals surface area contributed by atoms with Crippen LogP contribution in [0.15, 0.2) is 29.6 Å². The molecule has 25 heavy (non-hydrogen) atoms. The summed E-state index contributed by atoms with van der Waals surface area (Å²) in [6.07, 6.45) is 0.454. The largest absolute Gasteiger partial charge is 0.497 e. The number of hydrogen-bond donors (Lipinski definition) is 2. The highest BCUT2D eigenvalue weighted by molar-refractivity contribution is 7.13. The minimum atomic E-state index is -1.02. The number of ether oxygens (including phenoxy) is 1. The van der Waals surface area contributed by atoms with E-state index in [0.29, 0.717) is 12.1 Å². The number of aromatic nitrogens is 1. The quantitative estimate of drug-likeness (QED) is 0.754. The summed E-state index contributed by atoms with van der Waals surface area (Å²) in [5.74, 6) is -0.432. The van der Waals surface area contributed by atoms with Gasteiger partial charge in [-0.05, 0) is 24.5 Å². The Morgan fingerprint density at radius 1 is 1.36 bits per heavy atom. The summed E-state index contributed by atoms with van der Waals surface area (Å²) in [5.41, 5.74) is 1.54. The van der Waals surface area contributed by atoms with Gasteiger partial charge in [0.2, 0.25) is 5.91 Å². The van der Waals surface area contributed by atoms with Crippen LogP contribution in [0, 0.1) is 5.92 Å². The number of nitrogens with zero attached hydrogens (tertiary/aromatic N) is 1. The van der Waals surface area contributed by atoms with Gasteiger partial charge in [-0.25, -0.2) is 9.78 Å². The van der Waals surface area contributed by atoms with E-state index in [9.17, 15) is 14.7 Å². The zero-order chi connectivity index (χ0) is 18.4. The minimum Gasteiger partial charge on any atom is -0.497 e. The summed E-state index contributed by atoms with van der Waals surface area (Å²) >= 11 is 1.44. The van der Waals surface area contributed by atoms with Crippen LogP contribution in [0.25, 0.3) is 10.6 Å². The number of thiazole rings is 1. The number of benzene rings is 1. The lowest BCUT2D eigenvalue weighted by Gasteiger charge is -2.16. The molecule has 1 heterocycles. The second-order valence-electron chi connectivity index (χ2n) is 6.14. The van der Waals surface area contributed by atoms with Crippen LogP contribution in [0.4, 0.5) is 0 Å². The van der Waals surface area contributed by atoms with Crippen LogP contribution >= 0.6 is 11.3 Å². The van der Waals surface area contributed by atoms with Crippen molar-refractivity contribution in [3.05, 3.63) is 35.3 Å². The highest BCUT2D eigenvalue weighted by Gasteiger charge is 2.21. The average molecular weight is 362 g/mol. The second-order valence-corrected chi connectivity index (χ2v) is 7.00. The van der Waals surface area contributed by atoms with Gasteiger partial charge in [0.15, 0.2) is 0 Å². The predicted octanol–water partition coefficient (Wildman–Crippen LogP) is 2.98. The molecule has 2 aromatic rings. The number of nitrogens with one attached hydrogen (secondary N) is 1. The van der Waals surface area contributed by atoms with Crippen LogP contribution in [0.3, 0.4) is 0 Å². The molecular weight excluding hydrogens is 340 g/mol. The molecule has 1 aromatic heterocycles. The van der Waals surface area contributed by atoms with Crippen molar-refractivity contribution in [3.8, 4) is 16.3 Å². The normalized spacial score (nSPS) is 12.0. The van der Waals surface area contributed by atoms with Gasteiger partial charge >= 0.3 is 5.97 Å². The van der Waals surface area contributed by atoms with Gasteiger partial charge in [0, 0.05) is 10.9 Å². The lowest BCUT2D eigenvalue weighted by Crippen LogP contribution is -2.42. The first kappa shape index (κ1) is 18.9. The highest BCUT2D eigenvalue weighted by Crippen LogP contribution is 2.27. The van der Waals surface area contributed by atoms with Gasteiger partial charge in [0.25, 0.3) is 0 Å². The van der Waals surface area contributed by atoms with E-state index in [0.717, 1.165) is 16.3 Å². The van der Waals surface area contributed by atoms with Gasteiger partial charge in [0.1, 0.15) is 16.8 Å². The van der Waals surface area contributed by atoms with E-state index in [4.69, 9.17) is 4.74 Å². The van der Waals surface area contributed by atoms with Crippen LogP contribution in [-0.2, 0) is 16.0 Å². The molecule has 1 amide bonds. The second kappa shape index (κ2) is 8.62. The standard InChI is InChI=1S/C18H22N2O4S/c1-11(2)7-15(18(22)23)20-16(21)9-13-10-25-17(19-13)12-5-4-6-14(8-12)24-3/h4-6,8,10-11,15H,7,9H2,1-3H3,(H,20,21)(H,22,23). The van der Waals surface area contributed by atoms with Crippen molar-refractivity contribution < 1.29 is 19.4 Å². The van der Waals surface area contributed by atoms with Crippen molar-refractivity contribution >= 4 is 23.2 Å². The first-order valence-electron chi connectivity index (χ1n) is 8.00. The van der Waals surface area contributed by atoms with Crippen molar-refractivity contribution in [1.82, 2.24) is 10.3 Å². The molecule has 0 bridgehead atoms. The van der Waals surface area contributed by atoms with E-state index in [2.05, 4.69) is 10.3 Å². The van der Waals surface area contributed by atoms with Gasteiger partial charge in [0.05, 0.1) is 19.2 Å². The fraction of sp³-hybridized carbons (Fsp3) is 0.389. The van der Waals surface area contributed by atoms with Gasteiger partial charge in [-0.1, -0.05) is 26.0 Å². The molecule has 0 spiro atoms. The van der Waals surface area contributed by atoms with E-state index in [-0.39, 0.29) is 18.2 Å². The molecule has 1 atom stereocenters. The van der Waals surface area contributed by atoms with E-state index in [1.165, 1.54) is 11.3 Å². The van der Waals surface area contributed by atoms with E-state index < -0.39 is 12.0 Å². The molecule has 1 unspecified atom stereocenters. The Morgan fingerprint density at radius 3 is 2.76 bits per heavy atom. The molecule has 0 aliphatic carbocycles. The fourth-order valence-corrected chi connectivity index (χ4v) is 3.20. The molecule has 1 aromatic carbocycles. The first-order chi connectivity index (χ1) is 11.9. The van der Waals surface area contributed by atoms with Crippen molar-refractivity contribution in [1.29, 1.82) is 0 Å². The molecule has 0 saturated carbocycles. The lowest BCUT2D eigenvalue weighted by atomic mass is 10.0. The Labute approximate surface area is 150 Å². The molecule has 134 valence electrons. The fourth-order valence-electron chi connectivity index (χ4n) is 2.38. The number of hydrogen-bond acceptors (Lipinski definition) is 5. The van der Waals surface area contributed by atoms with Gasteiger partial charge in [-0.15, -0.1) is 11.3 Å². The highest BCUT2D eigenvalue weighted by atomic mass is 32.1. The van der Waals surface area contributed by atoms with Gasteiger partial charge in [-0.3, -0.25) is 4.79 Å². The van der Waals surface area contributed by atoms with Crippen molar-refractivity contribution in [3.63, 3.8) is 0 Å². The Kier molecular flexibility index (Phi) is 6.52. The zero-order valence-corrected chi connectivity index (χ0v) is 15.3. The van der Waals surface area contributed by atoms with Crippen LogP contribution in [0.1, 0.15) is 26.0 Å². The maximum Gasteiger partial charge on any atom is 0.326 e. The number of carbonyl (C=O) groups is 2. The Morgan fingerprint density at radius 2 is 2.12 bits per heavy atom. The minimum absolute atomic E-state index is 0.0579. The third kappa shape index (κ3) is 5.56. The van der Waals surface area contributed by atoms with Crippen LogP contribution in [-0.4, -0.2) is 35.1 Å². The number of carbonyl (C=O) groups excluding carboxylic acids is 1. The smallest absolute Gasteiger partial charge is 0.326 e. The monoisotopic (exact) mass is 362 g/mol. The molecule has 0 radical (unpaired) electrons. The van der Waals surface area contributed by atoms with Gasteiger partial charge in [-0.2, -0.15) is 0 Å². The topological polar surface area (TPSA) is 88.5 Å². The van der Waals surface area contributed by atoms with E-state index in [1.54, 1.807) is 7.11 Å². The Bertz CT molecular complexity index is 742. The van der Waals surface area contributed by atoms with Crippen LogP contribution in [0.5, 0.6) is 5.75 Å². The van der Waals surface area contributed by atoms with Crippen molar-refractivity contribution in [2.45, 2.75) is 32.7 Å². The first-order valence-corrected chi connectivity index (χ1v) is 8.88. The number of methoxy groups -OCH3 is 1. The summed E-state index contributed by atoms with van der Waals surface area (Å²) in [5, 5.41) is 14.4. The molecule has 0 aliphatic heterocycles.